The summed E-state index contributed by atoms with van der Waals surface area (Å²) in [5.74, 6) is -0.0835. The van der Waals surface area contributed by atoms with Gasteiger partial charge in [-0.15, -0.1) is 0 Å². The lowest BCUT2D eigenvalue weighted by molar-refractivity contribution is 0.0953. The molecule has 1 amide bonds. The lowest BCUT2D eigenvalue weighted by Gasteiger charge is -2.09. The minimum Gasteiger partial charge on any atom is -0.352 e. The Hall–Kier alpha value is -2.89. The molecule has 130 valence electrons. The van der Waals surface area contributed by atoms with Crippen LogP contribution < -0.4 is 5.32 Å². The first-order valence-electron chi connectivity index (χ1n) is 8.47. The average molecular weight is 337 g/mol. The maximum Gasteiger partial charge on any atom is 0.254 e. The number of benzene rings is 1. The van der Waals surface area contributed by atoms with E-state index < -0.39 is 0 Å². The van der Waals surface area contributed by atoms with Crippen LogP contribution in [0.25, 0.3) is 5.69 Å². The summed E-state index contributed by atoms with van der Waals surface area (Å²) in [5, 5.41) is 11.6. The zero-order valence-electron chi connectivity index (χ0n) is 14.8. The normalized spacial score (nSPS) is 11.0. The molecule has 3 rings (SSSR count). The Morgan fingerprint density at radius 1 is 1.16 bits per heavy atom. The van der Waals surface area contributed by atoms with E-state index in [-0.39, 0.29) is 11.9 Å². The molecule has 0 aliphatic heterocycles. The van der Waals surface area contributed by atoms with Crippen molar-refractivity contribution in [2.45, 2.75) is 33.2 Å². The highest BCUT2D eigenvalue weighted by molar-refractivity contribution is 5.95. The number of carbonyl (C=O) groups excluding carboxylic acids is 1. The Morgan fingerprint density at radius 3 is 2.60 bits per heavy atom. The van der Waals surface area contributed by atoms with Crippen molar-refractivity contribution < 1.29 is 4.79 Å². The van der Waals surface area contributed by atoms with E-state index >= 15 is 0 Å². The van der Waals surface area contributed by atoms with Gasteiger partial charge in [0.15, 0.2) is 0 Å². The summed E-state index contributed by atoms with van der Waals surface area (Å²) in [4.78, 5) is 12.3. The van der Waals surface area contributed by atoms with Crippen molar-refractivity contribution in [3.05, 3.63) is 65.7 Å². The molecular formula is C19H23N5O. The third kappa shape index (κ3) is 3.79. The molecular weight excluding hydrogens is 314 g/mol. The van der Waals surface area contributed by atoms with Crippen LogP contribution in [0, 0.1) is 6.92 Å². The molecule has 2 aromatic heterocycles. The Morgan fingerprint density at radius 2 is 1.92 bits per heavy atom. The number of amides is 1. The van der Waals surface area contributed by atoms with Crippen LogP contribution >= 0.6 is 0 Å². The van der Waals surface area contributed by atoms with Crippen molar-refractivity contribution in [3.8, 4) is 5.69 Å². The van der Waals surface area contributed by atoms with E-state index in [0.717, 1.165) is 23.4 Å². The van der Waals surface area contributed by atoms with Gasteiger partial charge in [-0.3, -0.25) is 9.48 Å². The van der Waals surface area contributed by atoms with Gasteiger partial charge in [-0.2, -0.15) is 10.2 Å². The topological polar surface area (TPSA) is 64.7 Å². The minimum absolute atomic E-state index is 0.0835. The monoisotopic (exact) mass is 337 g/mol. The van der Waals surface area contributed by atoms with E-state index in [0.29, 0.717) is 12.1 Å². The molecule has 0 bridgehead atoms. The lowest BCUT2D eigenvalue weighted by Crippen LogP contribution is -2.26. The fraction of sp³-hybridized carbons (Fsp3) is 0.316. The van der Waals surface area contributed by atoms with Gasteiger partial charge in [0.1, 0.15) is 0 Å². The molecule has 0 fully saturated rings. The molecule has 6 heteroatoms. The van der Waals surface area contributed by atoms with E-state index in [9.17, 15) is 4.79 Å². The molecule has 0 unspecified atom stereocenters. The van der Waals surface area contributed by atoms with Crippen LogP contribution in [0.5, 0.6) is 0 Å². The summed E-state index contributed by atoms with van der Waals surface area (Å²) >= 11 is 0. The van der Waals surface area contributed by atoms with Crippen molar-refractivity contribution in [2.24, 2.45) is 0 Å². The maximum absolute atomic E-state index is 12.3. The molecule has 2 heterocycles. The standard InChI is InChI=1S/C19H23N5O/c1-14(2)24-15(3)18(12-22-24)19(25)20-10-9-16-11-21-23(13-16)17-7-5-4-6-8-17/h4-8,11-14H,9-10H2,1-3H3,(H,20,25). The van der Waals surface area contributed by atoms with Gasteiger partial charge in [0.05, 0.1) is 23.6 Å². The highest BCUT2D eigenvalue weighted by Gasteiger charge is 2.15. The van der Waals surface area contributed by atoms with E-state index in [2.05, 4.69) is 15.5 Å². The molecule has 0 atom stereocenters. The summed E-state index contributed by atoms with van der Waals surface area (Å²) in [7, 11) is 0. The summed E-state index contributed by atoms with van der Waals surface area (Å²) in [5.41, 5.74) is 3.63. The maximum atomic E-state index is 12.3. The lowest BCUT2D eigenvalue weighted by atomic mass is 10.2. The smallest absolute Gasteiger partial charge is 0.254 e. The Balaban J connectivity index is 1.57. The van der Waals surface area contributed by atoms with Crippen LogP contribution in [-0.4, -0.2) is 32.0 Å². The summed E-state index contributed by atoms with van der Waals surface area (Å²) < 4.78 is 3.70. The number of aromatic nitrogens is 4. The van der Waals surface area contributed by atoms with Crippen LogP contribution in [0.15, 0.2) is 48.9 Å². The second-order valence-electron chi connectivity index (χ2n) is 6.32. The summed E-state index contributed by atoms with van der Waals surface area (Å²) in [6, 6.07) is 10.2. The van der Waals surface area contributed by atoms with Crippen molar-refractivity contribution in [1.29, 1.82) is 0 Å². The van der Waals surface area contributed by atoms with E-state index in [4.69, 9.17) is 0 Å². The predicted octanol–water partition coefficient (Wildman–Crippen LogP) is 2.93. The first-order chi connectivity index (χ1) is 12.1. The van der Waals surface area contributed by atoms with Gasteiger partial charge in [0, 0.05) is 24.5 Å². The van der Waals surface area contributed by atoms with E-state index in [1.807, 2.05) is 72.9 Å². The first-order valence-corrected chi connectivity index (χ1v) is 8.47. The Labute approximate surface area is 147 Å². The molecule has 0 aliphatic carbocycles. The predicted molar refractivity (Wildman–Crippen MR) is 97.0 cm³/mol. The number of nitrogens with one attached hydrogen (secondary N) is 1. The van der Waals surface area contributed by atoms with Crippen LogP contribution in [0.4, 0.5) is 0 Å². The van der Waals surface area contributed by atoms with Gasteiger partial charge in [-0.05, 0) is 44.9 Å². The molecule has 3 aromatic rings. The average Bonchev–Trinajstić information content (AvgIpc) is 3.22. The highest BCUT2D eigenvalue weighted by Crippen LogP contribution is 2.12. The second-order valence-corrected chi connectivity index (χ2v) is 6.32. The van der Waals surface area contributed by atoms with Crippen LogP contribution in [0.2, 0.25) is 0 Å². The molecule has 0 saturated heterocycles. The first kappa shape index (κ1) is 17.0. The van der Waals surface area contributed by atoms with Crippen molar-refractivity contribution in [3.63, 3.8) is 0 Å². The quantitative estimate of drug-likeness (QED) is 0.752. The number of para-hydroxylation sites is 1. The largest absolute Gasteiger partial charge is 0.352 e. The van der Waals surface area contributed by atoms with Gasteiger partial charge >= 0.3 is 0 Å². The van der Waals surface area contributed by atoms with Gasteiger partial charge in [-0.1, -0.05) is 18.2 Å². The Bertz CT molecular complexity index is 848. The van der Waals surface area contributed by atoms with E-state index in [1.165, 1.54) is 0 Å². The fourth-order valence-electron chi connectivity index (χ4n) is 2.79. The van der Waals surface area contributed by atoms with Gasteiger partial charge in [0.2, 0.25) is 0 Å². The highest BCUT2D eigenvalue weighted by atomic mass is 16.1. The molecule has 1 N–H and O–H groups in total. The van der Waals surface area contributed by atoms with Crippen molar-refractivity contribution in [1.82, 2.24) is 24.9 Å². The third-order valence-corrected chi connectivity index (χ3v) is 4.13. The van der Waals surface area contributed by atoms with Crippen LogP contribution in [0.1, 0.15) is 41.5 Å². The number of hydrogen-bond acceptors (Lipinski definition) is 3. The number of carbonyl (C=O) groups is 1. The van der Waals surface area contributed by atoms with Gasteiger partial charge < -0.3 is 5.32 Å². The van der Waals surface area contributed by atoms with Crippen LogP contribution in [-0.2, 0) is 6.42 Å². The second kappa shape index (κ2) is 7.34. The van der Waals surface area contributed by atoms with Crippen LogP contribution in [0.3, 0.4) is 0 Å². The number of hydrogen-bond donors (Lipinski definition) is 1. The molecule has 0 saturated carbocycles. The number of nitrogens with zero attached hydrogens (tertiary/aromatic N) is 4. The SMILES string of the molecule is Cc1c(C(=O)NCCc2cnn(-c3ccccc3)c2)cnn1C(C)C. The van der Waals surface area contributed by atoms with Gasteiger partial charge in [0.25, 0.3) is 5.91 Å². The van der Waals surface area contributed by atoms with E-state index in [1.54, 1.807) is 6.20 Å². The molecule has 6 nitrogen and oxygen atoms in total. The van der Waals surface area contributed by atoms with Gasteiger partial charge in [-0.25, -0.2) is 4.68 Å². The molecule has 0 spiro atoms. The third-order valence-electron chi connectivity index (χ3n) is 4.13. The summed E-state index contributed by atoms with van der Waals surface area (Å²) in [6.45, 7) is 6.58. The minimum atomic E-state index is -0.0835. The molecule has 25 heavy (non-hydrogen) atoms. The fourth-order valence-corrected chi connectivity index (χ4v) is 2.79. The van der Waals surface area contributed by atoms with Crippen molar-refractivity contribution >= 4 is 5.91 Å². The van der Waals surface area contributed by atoms with Crippen molar-refractivity contribution in [2.75, 3.05) is 6.54 Å². The Kier molecular flexibility index (Phi) is 4.97. The zero-order valence-corrected chi connectivity index (χ0v) is 14.8. The zero-order chi connectivity index (χ0) is 17.8. The molecule has 0 aliphatic rings. The summed E-state index contributed by atoms with van der Waals surface area (Å²) in [6.07, 6.45) is 6.19. The molecule has 0 radical (unpaired) electrons. The molecule has 1 aromatic carbocycles. The number of rotatable bonds is 6.